The Morgan fingerprint density at radius 3 is 2.09 bits per heavy atom. The number of ether oxygens (including phenoxy) is 6. The van der Waals surface area contributed by atoms with Gasteiger partial charge in [0.15, 0.2) is 5.82 Å². The molecule has 424 valence electrons. The average Bonchev–Trinajstić information content (AvgIpc) is 3.80. The topological polar surface area (TPSA) is 359 Å². The van der Waals surface area contributed by atoms with Gasteiger partial charge in [-0.2, -0.15) is 4.98 Å². The summed E-state index contributed by atoms with van der Waals surface area (Å²) < 4.78 is 35.7. The second-order valence-corrected chi connectivity index (χ2v) is 18.2. The monoisotopic (exact) mass is 1080 g/mol. The van der Waals surface area contributed by atoms with E-state index in [-0.39, 0.29) is 57.9 Å². The summed E-state index contributed by atoms with van der Waals surface area (Å²) in [4.78, 5) is 82.8. The summed E-state index contributed by atoms with van der Waals surface area (Å²) >= 11 is 0. The number of hydrogen-bond acceptors (Lipinski definition) is 17. The van der Waals surface area contributed by atoms with Crippen molar-refractivity contribution in [1.29, 1.82) is 0 Å². The zero-order chi connectivity index (χ0) is 56.0. The summed E-state index contributed by atoms with van der Waals surface area (Å²) in [6, 6.07) is 10.4. The third-order valence-corrected chi connectivity index (χ3v) is 11.7. The minimum Gasteiger partial charge on any atom is -0.496 e. The predicted octanol–water partition coefficient (Wildman–Crippen LogP) is 3.37. The highest BCUT2D eigenvalue weighted by molar-refractivity contribution is 5.98. The van der Waals surface area contributed by atoms with E-state index in [9.17, 15) is 28.8 Å². The van der Waals surface area contributed by atoms with Crippen LogP contribution in [0.3, 0.4) is 0 Å². The van der Waals surface area contributed by atoms with E-state index in [4.69, 9.17) is 50.7 Å². The molecule has 0 aliphatic heterocycles. The number of fused-ring (bicyclic) bond motifs is 1. The Balaban J connectivity index is 1.06. The number of nitrogen functional groups attached to an aromatic ring is 1. The number of aromatic nitrogens is 3. The fraction of sp³-hybridized carbons (Fsp3) is 0.538. The minimum absolute atomic E-state index is 0.0552. The van der Waals surface area contributed by atoms with Crippen LogP contribution in [0.4, 0.5) is 27.0 Å². The van der Waals surface area contributed by atoms with Crippen molar-refractivity contribution in [2.45, 2.75) is 104 Å². The minimum atomic E-state index is -1.16. The van der Waals surface area contributed by atoms with E-state index in [0.29, 0.717) is 64.0 Å². The van der Waals surface area contributed by atoms with Gasteiger partial charge in [-0.3, -0.25) is 19.2 Å². The lowest BCUT2D eigenvalue weighted by Gasteiger charge is -2.26. The summed E-state index contributed by atoms with van der Waals surface area (Å²) in [5, 5.41) is 25.4. The van der Waals surface area contributed by atoms with Gasteiger partial charge < -0.3 is 87.2 Å². The molecule has 0 aliphatic carbocycles. The van der Waals surface area contributed by atoms with E-state index >= 15 is 0 Å². The second kappa shape index (κ2) is 34.4. The molecule has 25 heteroatoms. The first-order chi connectivity index (χ1) is 37.1. The Bertz CT molecular complexity index is 2480. The highest BCUT2D eigenvalue weighted by Gasteiger charge is 2.30. The van der Waals surface area contributed by atoms with Crippen LogP contribution in [0, 0.1) is 5.92 Å². The van der Waals surface area contributed by atoms with Crippen molar-refractivity contribution in [1.82, 2.24) is 35.8 Å². The molecular formula is C52H78N12O13. The van der Waals surface area contributed by atoms with E-state index in [1.807, 2.05) is 30.5 Å². The normalized spacial score (nSPS) is 12.3. The van der Waals surface area contributed by atoms with Gasteiger partial charge in [-0.05, 0) is 67.0 Å². The number of carbonyl (C=O) groups excluding carboxylic acids is 5. The van der Waals surface area contributed by atoms with Gasteiger partial charge in [0.1, 0.15) is 30.0 Å². The molecular weight excluding hydrogens is 1000 g/mol. The van der Waals surface area contributed by atoms with Gasteiger partial charge in [0.05, 0.1) is 78.1 Å². The Hall–Kier alpha value is -7.32. The van der Waals surface area contributed by atoms with Crippen LogP contribution in [0.2, 0.25) is 0 Å². The number of alkyl carbamates (subject to hydrolysis) is 1. The summed E-state index contributed by atoms with van der Waals surface area (Å²) in [5.74, 6) is -1.79. The maximum atomic E-state index is 13.4. The number of unbranched alkanes of at least 4 members (excludes halogenated alkanes) is 2. The maximum absolute atomic E-state index is 13.4. The molecule has 0 radical (unpaired) electrons. The lowest BCUT2D eigenvalue weighted by molar-refractivity contribution is -0.137. The Morgan fingerprint density at radius 1 is 0.740 bits per heavy atom. The lowest BCUT2D eigenvalue weighted by atomic mass is 10.0. The third kappa shape index (κ3) is 23.2. The summed E-state index contributed by atoms with van der Waals surface area (Å²) in [5.41, 5.74) is 21.6. The fourth-order valence-electron chi connectivity index (χ4n) is 7.60. The van der Waals surface area contributed by atoms with Crippen molar-refractivity contribution in [3.05, 3.63) is 71.4 Å². The number of benzene rings is 2. The molecule has 13 N–H and O–H groups in total. The van der Waals surface area contributed by atoms with Crippen molar-refractivity contribution in [3.8, 4) is 5.75 Å². The highest BCUT2D eigenvalue weighted by Crippen LogP contribution is 2.27. The van der Waals surface area contributed by atoms with E-state index in [0.717, 1.165) is 59.5 Å². The standard InChI is InChI=1S/C52H78N12O13/c1-5-6-7-19-56-46-45-40(61-50(54)63-46)18-22-64(45)31-37-13-10-36(30-42(37)72-4)32-76-29-28-75-27-26-74-25-24-73-23-21-58-52(71)77-33-35-11-14-38(15-12-35)59-48(68)41(9-8-20-57-51(55)70)60-49(69)44(34(2)3)62-47(67)39(53)16-17-43(65)66/h10-15,18,22,30,34,39,41,44H,5-9,16-17,19-21,23-29,31-33,53H2,1-4H3,(H,58,71)(H,59,68)(H,60,69)(H,62,67)(H,65,66)(H3,55,57,70)(H3,54,56,61,63)/t39-,41-,44-/m0/s1. The molecule has 2 aromatic carbocycles. The molecule has 0 saturated carbocycles. The van der Waals surface area contributed by atoms with E-state index in [1.165, 1.54) is 0 Å². The van der Waals surface area contributed by atoms with Crippen LogP contribution in [0.25, 0.3) is 11.0 Å². The van der Waals surface area contributed by atoms with E-state index in [2.05, 4.69) is 53.4 Å². The van der Waals surface area contributed by atoms with Gasteiger partial charge in [0.25, 0.3) is 0 Å². The highest BCUT2D eigenvalue weighted by atomic mass is 16.6. The number of anilines is 3. The molecule has 25 nitrogen and oxygen atoms in total. The maximum Gasteiger partial charge on any atom is 0.407 e. The lowest BCUT2D eigenvalue weighted by Crippen LogP contribution is -2.56. The van der Waals surface area contributed by atoms with E-state index in [1.54, 1.807) is 45.2 Å². The molecule has 2 heterocycles. The second-order valence-electron chi connectivity index (χ2n) is 18.2. The van der Waals surface area contributed by atoms with Gasteiger partial charge in [0.2, 0.25) is 23.7 Å². The number of carboxylic acids is 1. The average molecular weight is 1080 g/mol. The number of primary amides is 1. The molecule has 0 bridgehead atoms. The first kappa shape index (κ1) is 62.2. The van der Waals surface area contributed by atoms with Crippen molar-refractivity contribution < 1.29 is 62.3 Å². The summed E-state index contributed by atoms with van der Waals surface area (Å²) in [6.45, 7) is 10.0. The summed E-state index contributed by atoms with van der Waals surface area (Å²) in [7, 11) is 1.65. The van der Waals surface area contributed by atoms with Crippen LogP contribution in [0.1, 0.15) is 82.4 Å². The number of carbonyl (C=O) groups is 6. The predicted molar refractivity (Wildman–Crippen MR) is 288 cm³/mol. The molecule has 4 rings (SSSR count). The molecule has 0 unspecified atom stereocenters. The quantitative estimate of drug-likeness (QED) is 0.0288. The van der Waals surface area contributed by atoms with Crippen LogP contribution in [0.5, 0.6) is 5.75 Å². The van der Waals surface area contributed by atoms with Crippen molar-refractivity contribution in [2.24, 2.45) is 17.4 Å². The smallest absolute Gasteiger partial charge is 0.407 e. The number of nitrogens with one attached hydrogen (secondary N) is 6. The number of nitrogens with two attached hydrogens (primary N) is 3. The molecule has 2 aromatic heterocycles. The number of methoxy groups -OCH3 is 1. The van der Waals surface area contributed by atoms with Crippen molar-refractivity contribution in [3.63, 3.8) is 0 Å². The molecule has 0 aliphatic rings. The Kier molecular flexibility index (Phi) is 27.8. The van der Waals surface area contributed by atoms with Crippen LogP contribution in [0.15, 0.2) is 54.7 Å². The van der Waals surface area contributed by atoms with E-state index < -0.39 is 59.9 Å². The van der Waals surface area contributed by atoms with Crippen LogP contribution in [-0.4, -0.2) is 147 Å². The zero-order valence-corrected chi connectivity index (χ0v) is 44.6. The molecule has 0 spiro atoms. The first-order valence-corrected chi connectivity index (χ1v) is 25.8. The number of amides is 6. The molecule has 4 aromatic rings. The Morgan fingerprint density at radius 2 is 1.43 bits per heavy atom. The van der Waals surface area contributed by atoms with Gasteiger partial charge in [-0.1, -0.05) is 57.9 Å². The number of urea groups is 1. The number of rotatable bonds is 38. The Labute approximate surface area is 448 Å². The first-order valence-electron chi connectivity index (χ1n) is 25.8. The third-order valence-electron chi connectivity index (χ3n) is 11.7. The number of carboxylic acid groups (broad SMARTS) is 1. The van der Waals surface area contributed by atoms with Crippen LogP contribution >= 0.6 is 0 Å². The summed E-state index contributed by atoms with van der Waals surface area (Å²) in [6.07, 6.45) is 4.54. The van der Waals surface area contributed by atoms with Gasteiger partial charge in [0, 0.05) is 43.5 Å². The van der Waals surface area contributed by atoms with Crippen LogP contribution in [-0.2, 0) is 62.6 Å². The van der Waals surface area contributed by atoms with Gasteiger partial charge in [-0.15, -0.1) is 0 Å². The number of aliphatic carboxylic acids is 1. The zero-order valence-electron chi connectivity index (χ0n) is 44.6. The van der Waals surface area contributed by atoms with Crippen molar-refractivity contribution in [2.75, 3.05) is 89.4 Å². The number of hydrogen-bond donors (Lipinski definition) is 10. The molecule has 3 atom stereocenters. The fourth-order valence-corrected chi connectivity index (χ4v) is 7.60. The van der Waals surface area contributed by atoms with Gasteiger partial charge >= 0.3 is 18.1 Å². The molecule has 0 fully saturated rings. The van der Waals surface area contributed by atoms with Gasteiger partial charge in [-0.25, -0.2) is 14.6 Å². The van der Waals surface area contributed by atoms with Crippen molar-refractivity contribution >= 4 is 64.3 Å². The number of nitrogens with zero attached hydrogens (tertiary/aromatic N) is 3. The molecule has 6 amide bonds. The molecule has 0 saturated heterocycles. The SMILES string of the molecule is CCCCCNc1nc(N)nc2ccn(Cc3ccc(COCCOCCOCCOCCNC(=O)OCc4ccc(NC(=O)[C@H](CCCNC(N)=O)NC(=O)[C@@H](NC(=O)[C@@H](N)CCC(=O)O)C(C)C)cc4)cc3OC)c12. The van der Waals surface area contributed by atoms with Crippen LogP contribution < -0.4 is 53.8 Å². The molecule has 77 heavy (non-hydrogen) atoms. The largest absolute Gasteiger partial charge is 0.496 e.